The standard InChI is InChI=1S/C11H28N4/c1-5-15(6-2)10-9-13-11(7-8-12)14(3)4/h11,13H,5-10,12H2,1-4H3. The highest BCUT2D eigenvalue weighted by molar-refractivity contribution is 4.65. The summed E-state index contributed by atoms with van der Waals surface area (Å²) in [6.45, 7) is 9.54. The Balaban J connectivity index is 3.69. The minimum Gasteiger partial charge on any atom is -0.330 e. The van der Waals surface area contributed by atoms with E-state index in [0.29, 0.717) is 6.17 Å². The van der Waals surface area contributed by atoms with Crippen LogP contribution in [-0.4, -0.2) is 62.8 Å². The molecule has 0 saturated heterocycles. The molecule has 0 aromatic heterocycles. The average molecular weight is 216 g/mol. The number of rotatable bonds is 9. The van der Waals surface area contributed by atoms with E-state index in [0.717, 1.165) is 39.1 Å². The maximum atomic E-state index is 5.57. The molecule has 0 heterocycles. The van der Waals surface area contributed by atoms with Crippen molar-refractivity contribution in [1.29, 1.82) is 0 Å². The molecular weight excluding hydrogens is 188 g/mol. The van der Waals surface area contributed by atoms with Gasteiger partial charge in [0.25, 0.3) is 0 Å². The zero-order chi connectivity index (χ0) is 11.7. The van der Waals surface area contributed by atoms with Crippen molar-refractivity contribution < 1.29 is 0 Å². The van der Waals surface area contributed by atoms with Crippen molar-refractivity contribution in [3.63, 3.8) is 0 Å². The lowest BCUT2D eigenvalue weighted by atomic mass is 10.3. The molecule has 0 bridgehead atoms. The topological polar surface area (TPSA) is 44.5 Å². The summed E-state index contributed by atoms with van der Waals surface area (Å²) in [5.74, 6) is 0. The van der Waals surface area contributed by atoms with Gasteiger partial charge in [0.05, 0.1) is 6.17 Å². The van der Waals surface area contributed by atoms with Gasteiger partial charge in [0, 0.05) is 13.1 Å². The average Bonchev–Trinajstić information content (AvgIpc) is 2.22. The molecule has 3 N–H and O–H groups in total. The summed E-state index contributed by atoms with van der Waals surface area (Å²) in [6.07, 6.45) is 1.41. The van der Waals surface area contributed by atoms with Crippen LogP contribution in [0.2, 0.25) is 0 Å². The molecule has 0 aliphatic heterocycles. The van der Waals surface area contributed by atoms with Crippen LogP contribution in [0.3, 0.4) is 0 Å². The molecule has 1 unspecified atom stereocenters. The molecule has 0 aromatic carbocycles. The highest BCUT2D eigenvalue weighted by Gasteiger charge is 2.09. The van der Waals surface area contributed by atoms with Crippen LogP contribution in [0.4, 0.5) is 0 Å². The Bertz CT molecular complexity index is 135. The van der Waals surface area contributed by atoms with Crippen LogP contribution in [0.1, 0.15) is 20.3 Å². The van der Waals surface area contributed by atoms with Crippen molar-refractivity contribution in [3.8, 4) is 0 Å². The van der Waals surface area contributed by atoms with Crippen molar-refractivity contribution >= 4 is 0 Å². The monoisotopic (exact) mass is 216 g/mol. The molecule has 0 saturated carbocycles. The third-order valence-corrected chi connectivity index (χ3v) is 2.77. The van der Waals surface area contributed by atoms with E-state index in [9.17, 15) is 0 Å². The van der Waals surface area contributed by atoms with Crippen LogP contribution in [0, 0.1) is 0 Å². The fourth-order valence-electron chi connectivity index (χ4n) is 1.63. The highest BCUT2D eigenvalue weighted by Crippen LogP contribution is 1.94. The molecule has 1 atom stereocenters. The Morgan fingerprint density at radius 1 is 1.20 bits per heavy atom. The van der Waals surface area contributed by atoms with Gasteiger partial charge in [0.2, 0.25) is 0 Å². The van der Waals surface area contributed by atoms with Gasteiger partial charge in [0.1, 0.15) is 0 Å². The van der Waals surface area contributed by atoms with E-state index in [1.807, 2.05) is 0 Å². The van der Waals surface area contributed by atoms with Crippen LogP contribution in [0.25, 0.3) is 0 Å². The van der Waals surface area contributed by atoms with E-state index in [-0.39, 0.29) is 0 Å². The third-order valence-electron chi connectivity index (χ3n) is 2.77. The smallest absolute Gasteiger partial charge is 0.0604 e. The van der Waals surface area contributed by atoms with Crippen molar-refractivity contribution in [2.24, 2.45) is 5.73 Å². The summed E-state index contributed by atoms with van der Waals surface area (Å²) in [7, 11) is 4.18. The number of nitrogens with one attached hydrogen (secondary N) is 1. The maximum Gasteiger partial charge on any atom is 0.0604 e. The van der Waals surface area contributed by atoms with Crippen molar-refractivity contribution in [2.45, 2.75) is 26.4 Å². The van der Waals surface area contributed by atoms with Gasteiger partial charge in [-0.15, -0.1) is 0 Å². The van der Waals surface area contributed by atoms with E-state index in [4.69, 9.17) is 5.73 Å². The van der Waals surface area contributed by atoms with Crippen LogP contribution >= 0.6 is 0 Å². The molecule has 0 spiro atoms. The fourth-order valence-corrected chi connectivity index (χ4v) is 1.63. The molecule has 15 heavy (non-hydrogen) atoms. The molecule has 0 radical (unpaired) electrons. The highest BCUT2D eigenvalue weighted by atomic mass is 15.2. The van der Waals surface area contributed by atoms with E-state index in [1.54, 1.807) is 0 Å². The number of hydrogen-bond acceptors (Lipinski definition) is 4. The van der Waals surface area contributed by atoms with Crippen LogP contribution < -0.4 is 11.1 Å². The van der Waals surface area contributed by atoms with Gasteiger partial charge >= 0.3 is 0 Å². The minimum absolute atomic E-state index is 0.408. The SMILES string of the molecule is CCN(CC)CCNC(CCN)N(C)C. The Hall–Kier alpha value is -0.160. The molecular formula is C11H28N4. The number of nitrogens with two attached hydrogens (primary N) is 1. The quantitative estimate of drug-likeness (QED) is 0.539. The van der Waals surface area contributed by atoms with Gasteiger partial charge in [0.15, 0.2) is 0 Å². The Morgan fingerprint density at radius 2 is 1.80 bits per heavy atom. The Morgan fingerprint density at radius 3 is 2.20 bits per heavy atom. The fraction of sp³-hybridized carbons (Fsp3) is 1.00. The normalized spacial score (nSPS) is 13.8. The van der Waals surface area contributed by atoms with Gasteiger partial charge in [-0.3, -0.25) is 4.90 Å². The molecule has 0 amide bonds. The van der Waals surface area contributed by atoms with E-state index in [2.05, 4.69) is 43.1 Å². The van der Waals surface area contributed by atoms with Gasteiger partial charge in [-0.1, -0.05) is 13.8 Å². The van der Waals surface area contributed by atoms with Crippen molar-refractivity contribution in [1.82, 2.24) is 15.1 Å². The lowest BCUT2D eigenvalue weighted by Crippen LogP contribution is -2.45. The van der Waals surface area contributed by atoms with Crippen LogP contribution in [0.5, 0.6) is 0 Å². The molecule has 0 aliphatic carbocycles. The van der Waals surface area contributed by atoms with Crippen LogP contribution in [-0.2, 0) is 0 Å². The van der Waals surface area contributed by atoms with Gasteiger partial charge < -0.3 is 16.0 Å². The number of nitrogens with zero attached hydrogens (tertiary/aromatic N) is 2. The summed E-state index contributed by atoms with van der Waals surface area (Å²) < 4.78 is 0. The molecule has 0 rings (SSSR count). The summed E-state index contributed by atoms with van der Waals surface area (Å²) in [5, 5.41) is 3.52. The summed E-state index contributed by atoms with van der Waals surface area (Å²) in [6, 6.07) is 0. The number of likely N-dealkylation sites (N-methyl/N-ethyl adjacent to an activating group) is 1. The van der Waals surface area contributed by atoms with E-state index < -0.39 is 0 Å². The molecule has 4 nitrogen and oxygen atoms in total. The first-order chi connectivity index (χ1) is 7.15. The lowest BCUT2D eigenvalue weighted by Gasteiger charge is -2.26. The van der Waals surface area contributed by atoms with Crippen LogP contribution in [0.15, 0.2) is 0 Å². The Kier molecular flexibility index (Phi) is 9.00. The first-order valence-corrected chi connectivity index (χ1v) is 5.97. The van der Waals surface area contributed by atoms with E-state index in [1.165, 1.54) is 0 Å². The van der Waals surface area contributed by atoms with Crippen molar-refractivity contribution in [2.75, 3.05) is 46.8 Å². The maximum absolute atomic E-state index is 5.57. The molecule has 92 valence electrons. The van der Waals surface area contributed by atoms with Gasteiger partial charge in [-0.2, -0.15) is 0 Å². The molecule has 4 heteroatoms. The Labute approximate surface area is 94.8 Å². The molecule has 0 aromatic rings. The third kappa shape index (κ3) is 6.84. The summed E-state index contributed by atoms with van der Waals surface area (Å²) in [4.78, 5) is 4.61. The molecule has 0 aliphatic rings. The van der Waals surface area contributed by atoms with Crippen molar-refractivity contribution in [3.05, 3.63) is 0 Å². The number of hydrogen-bond donors (Lipinski definition) is 2. The largest absolute Gasteiger partial charge is 0.330 e. The summed E-state index contributed by atoms with van der Waals surface area (Å²) >= 11 is 0. The zero-order valence-electron chi connectivity index (χ0n) is 10.8. The van der Waals surface area contributed by atoms with Gasteiger partial charge in [-0.05, 0) is 40.2 Å². The zero-order valence-corrected chi connectivity index (χ0v) is 10.8. The summed E-state index contributed by atoms with van der Waals surface area (Å²) in [5.41, 5.74) is 5.57. The second kappa shape index (κ2) is 9.09. The molecule has 0 fully saturated rings. The predicted molar refractivity (Wildman–Crippen MR) is 66.9 cm³/mol. The predicted octanol–water partition coefficient (Wildman–Crippen LogP) is 0.154. The minimum atomic E-state index is 0.408. The lowest BCUT2D eigenvalue weighted by molar-refractivity contribution is 0.218. The first-order valence-electron chi connectivity index (χ1n) is 5.97. The van der Waals surface area contributed by atoms with E-state index >= 15 is 0 Å². The van der Waals surface area contributed by atoms with Gasteiger partial charge in [-0.25, -0.2) is 0 Å². The second-order valence-electron chi connectivity index (χ2n) is 4.04. The first kappa shape index (κ1) is 14.8. The second-order valence-corrected chi connectivity index (χ2v) is 4.04.